The van der Waals surface area contributed by atoms with Crippen LogP contribution in [0, 0.1) is 11.3 Å². The van der Waals surface area contributed by atoms with Crippen LogP contribution in [-0.2, 0) is 11.0 Å². The van der Waals surface area contributed by atoms with E-state index in [9.17, 15) is 13.2 Å². The van der Waals surface area contributed by atoms with Crippen LogP contribution < -0.4 is 4.74 Å². The van der Waals surface area contributed by atoms with Gasteiger partial charge in [-0.25, -0.2) is 4.98 Å². The van der Waals surface area contributed by atoms with E-state index in [1.165, 1.54) is 18.2 Å². The summed E-state index contributed by atoms with van der Waals surface area (Å²) in [5.74, 6) is -0.0353. The fourth-order valence-corrected chi connectivity index (χ4v) is 2.95. The Hall–Kier alpha value is -2.70. The third-order valence-electron chi connectivity index (χ3n) is 4.27. The summed E-state index contributed by atoms with van der Waals surface area (Å²) in [6, 6.07) is 8.04. The maximum absolute atomic E-state index is 12.9. The van der Waals surface area contributed by atoms with Gasteiger partial charge in [0.15, 0.2) is 0 Å². The Morgan fingerprint density at radius 1 is 1.30 bits per heavy atom. The molecule has 2 heterocycles. The Morgan fingerprint density at radius 3 is 2.81 bits per heavy atom. The van der Waals surface area contributed by atoms with Crippen LogP contribution in [0.25, 0.3) is 11.3 Å². The van der Waals surface area contributed by atoms with Crippen LogP contribution >= 0.6 is 0 Å². The van der Waals surface area contributed by atoms with E-state index in [1.54, 1.807) is 12.2 Å². The van der Waals surface area contributed by atoms with E-state index in [-0.39, 0.29) is 35.6 Å². The molecule has 0 radical (unpaired) electrons. The second-order valence-corrected chi connectivity index (χ2v) is 6.04. The number of hydrogen-bond acceptors (Lipinski definition) is 6. The van der Waals surface area contributed by atoms with Crippen molar-refractivity contribution in [3.63, 3.8) is 0 Å². The van der Waals surface area contributed by atoms with E-state index in [2.05, 4.69) is 9.97 Å². The molecule has 1 atom stereocenters. The average molecular weight is 378 g/mol. The first kappa shape index (κ1) is 19.1. The van der Waals surface area contributed by atoms with E-state index in [1.807, 2.05) is 6.07 Å². The number of benzene rings is 1. The van der Waals surface area contributed by atoms with Crippen LogP contribution in [0.1, 0.15) is 24.2 Å². The largest absolute Gasteiger partial charge is 0.476 e. The van der Waals surface area contributed by atoms with Gasteiger partial charge >= 0.3 is 6.18 Å². The van der Waals surface area contributed by atoms with Gasteiger partial charge in [-0.15, -0.1) is 0 Å². The predicted molar refractivity (Wildman–Crippen MR) is 89.4 cm³/mol. The van der Waals surface area contributed by atoms with Gasteiger partial charge in [-0.05, 0) is 25.0 Å². The molecule has 0 amide bonds. The first-order valence-corrected chi connectivity index (χ1v) is 8.31. The smallest absolute Gasteiger partial charge is 0.416 e. The van der Waals surface area contributed by atoms with Crippen molar-refractivity contribution in [1.29, 1.82) is 5.26 Å². The number of halogens is 3. The molecule has 1 aromatic heterocycles. The lowest BCUT2D eigenvalue weighted by molar-refractivity contribution is -0.147. The van der Waals surface area contributed by atoms with Gasteiger partial charge in [0.25, 0.3) is 0 Å². The van der Waals surface area contributed by atoms with Gasteiger partial charge in [-0.2, -0.15) is 28.5 Å². The summed E-state index contributed by atoms with van der Waals surface area (Å²) in [5.41, 5.74) is -0.369. The van der Waals surface area contributed by atoms with Crippen molar-refractivity contribution in [3.8, 4) is 23.2 Å². The first-order valence-electron chi connectivity index (χ1n) is 8.31. The highest BCUT2D eigenvalue weighted by molar-refractivity contribution is 5.61. The molecule has 0 bridgehead atoms. The molecule has 142 valence electrons. The van der Waals surface area contributed by atoms with Crippen LogP contribution in [-0.4, -0.2) is 41.3 Å². The van der Waals surface area contributed by atoms with E-state index in [0.717, 1.165) is 31.5 Å². The monoisotopic (exact) mass is 378 g/mol. The topological polar surface area (TPSA) is 71.3 Å². The van der Waals surface area contributed by atoms with Gasteiger partial charge in [0.2, 0.25) is 11.7 Å². The number of hydrogen-bond donors (Lipinski definition) is 0. The summed E-state index contributed by atoms with van der Waals surface area (Å²) < 4.78 is 44.5. The Kier molecular flexibility index (Phi) is 5.58. The van der Waals surface area contributed by atoms with Gasteiger partial charge in [-0.1, -0.05) is 12.1 Å². The molecule has 1 saturated heterocycles. The van der Waals surface area contributed by atoms with Crippen molar-refractivity contribution in [2.45, 2.75) is 25.1 Å². The average Bonchev–Trinajstić information content (AvgIpc) is 3.13. The van der Waals surface area contributed by atoms with Crippen LogP contribution in [0.3, 0.4) is 0 Å². The van der Waals surface area contributed by atoms with Gasteiger partial charge in [0, 0.05) is 18.2 Å². The van der Waals surface area contributed by atoms with Crippen molar-refractivity contribution in [2.75, 3.05) is 20.3 Å². The zero-order chi connectivity index (χ0) is 19.4. The molecule has 27 heavy (non-hydrogen) atoms. The molecule has 6 nitrogen and oxygen atoms in total. The highest BCUT2D eigenvalue weighted by atomic mass is 19.4. The molecule has 0 N–H and O–H groups in total. The molecule has 0 saturated carbocycles. The van der Waals surface area contributed by atoms with Gasteiger partial charge < -0.3 is 9.57 Å². The van der Waals surface area contributed by atoms with Gasteiger partial charge in [0.05, 0.1) is 24.4 Å². The Morgan fingerprint density at radius 2 is 2.11 bits per heavy atom. The van der Waals surface area contributed by atoms with Crippen LogP contribution in [0.2, 0.25) is 0 Å². The van der Waals surface area contributed by atoms with Crippen LogP contribution in [0.4, 0.5) is 13.2 Å². The first-order chi connectivity index (χ1) is 12.9. The Balaban J connectivity index is 1.85. The maximum atomic E-state index is 12.9. The normalized spacial score (nSPS) is 17.7. The quantitative estimate of drug-likeness (QED) is 0.794. The van der Waals surface area contributed by atoms with Crippen molar-refractivity contribution in [2.24, 2.45) is 0 Å². The molecule has 0 unspecified atom stereocenters. The van der Waals surface area contributed by atoms with Crippen molar-refractivity contribution >= 4 is 0 Å². The van der Waals surface area contributed by atoms with Gasteiger partial charge in [-0.3, -0.25) is 0 Å². The van der Waals surface area contributed by atoms with E-state index >= 15 is 0 Å². The summed E-state index contributed by atoms with van der Waals surface area (Å²) in [6.07, 6.45) is -2.60. The molecule has 1 aliphatic rings. The lowest BCUT2D eigenvalue weighted by atomic mass is 10.1. The maximum Gasteiger partial charge on any atom is 0.416 e. The minimum atomic E-state index is -4.47. The number of aromatic nitrogens is 2. The Bertz CT molecular complexity index is 851. The third kappa shape index (κ3) is 4.53. The van der Waals surface area contributed by atoms with Crippen molar-refractivity contribution in [1.82, 2.24) is 15.0 Å². The predicted octanol–water partition coefficient (Wildman–Crippen LogP) is 3.44. The van der Waals surface area contributed by atoms with Crippen molar-refractivity contribution < 1.29 is 22.7 Å². The minimum absolute atomic E-state index is 0.0486. The lowest BCUT2D eigenvalue weighted by Crippen LogP contribution is -2.33. The fraction of sp³-hybridized carbons (Fsp3) is 0.389. The Labute approximate surface area is 154 Å². The second-order valence-electron chi connectivity index (χ2n) is 6.04. The molecule has 1 fully saturated rings. The second kappa shape index (κ2) is 7.90. The zero-order valence-electron chi connectivity index (χ0n) is 14.5. The molecule has 2 aromatic rings. The zero-order valence-corrected chi connectivity index (χ0v) is 14.5. The standard InChI is InChI=1S/C18H17F3N4O2/c1-26-25-7-3-6-14(25)11-27-17-9-15(23-16(10-22)24-17)12-4-2-5-13(8-12)18(19,20)21/h2,4-5,8-9,14H,3,6-7,11H2,1H3/t14-/m0/s1. The van der Waals surface area contributed by atoms with E-state index in [0.29, 0.717) is 0 Å². The number of alkyl halides is 3. The molecule has 9 heteroatoms. The summed E-state index contributed by atoms with van der Waals surface area (Å²) in [7, 11) is 1.59. The minimum Gasteiger partial charge on any atom is -0.476 e. The molecular formula is C18H17F3N4O2. The SMILES string of the molecule is CON1CCC[C@H]1COc1cc(-c2cccc(C(F)(F)F)c2)nc(C#N)n1. The number of rotatable bonds is 5. The molecule has 1 aromatic carbocycles. The van der Waals surface area contributed by atoms with Gasteiger partial charge in [0.1, 0.15) is 12.7 Å². The molecule has 0 aliphatic carbocycles. The highest BCUT2D eigenvalue weighted by Crippen LogP contribution is 2.32. The van der Waals surface area contributed by atoms with Crippen molar-refractivity contribution in [3.05, 3.63) is 41.7 Å². The van der Waals surface area contributed by atoms with E-state index in [4.69, 9.17) is 14.8 Å². The molecular weight excluding hydrogens is 361 g/mol. The molecule has 0 spiro atoms. The van der Waals surface area contributed by atoms with Crippen LogP contribution in [0.5, 0.6) is 5.88 Å². The fourth-order valence-electron chi connectivity index (χ4n) is 2.95. The highest BCUT2D eigenvalue weighted by Gasteiger charge is 2.30. The molecule has 3 rings (SSSR count). The number of nitrogens with zero attached hydrogens (tertiary/aromatic N) is 4. The summed E-state index contributed by atoms with van der Waals surface area (Å²) in [5, 5.41) is 10.9. The number of ether oxygens (including phenoxy) is 1. The summed E-state index contributed by atoms with van der Waals surface area (Å²) in [6.45, 7) is 1.09. The summed E-state index contributed by atoms with van der Waals surface area (Å²) >= 11 is 0. The molecule has 1 aliphatic heterocycles. The number of nitriles is 1. The van der Waals surface area contributed by atoms with Crippen LogP contribution in [0.15, 0.2) is 30.3 Å². The van der Waals surface area contributed by atoms with E-state index < -0.39 is 11.7 Å². The third-order valence-corrected chi connectivity index (χ3v) is 4.27. The summed E-state index contributed by atoms with van der Waals surface area (Å²) in [4.78, 5) is 13.2. The number of hydroxylamine groups is 2. The lowest BCUT2D eigenvalue weighted by Gasteiger charge is -2.21.